The highest BCUT2D eigenvalue weighted by atomic mass is 32.2. The van der Waals surface area contributed by atoms with Gasteiger partial charge in [-0.2, -0.15) is 0 Å². The van der Waals surface area contributed by atoms with Crippen LogP contribution in [0.25, 0.3) is 0 Å². The van der Waals surface area contributed by atoms with Gasteiger partial charge in [-0.1, -0.05) is 6.07 Å². The minimum Gasteiger partial charge on any atom is -0.316 e. The summed E-state index contributed by atoms with van der Waals surface area (Å²) < 4.78 is 11.8. The van der Waals surface area contributed by atoms with Gasteiger partial charge in [0.25, 0.3) is 0 Å². The second-order valence-electron chi connectivity index (χ2n) is 3.93. The summed E-state index contributed by atoms with van der Waals surface area (Å²) in [5.74, 6) is 2.00. The van der Waals surface area contributed by atoms with E-state index < -0.39 is 10.8 Å². The van der Waals surface area contributed by atoms with Crippen molar-refractivity contribution in [2.75, 3.05) is 18.8 Å². The number of rotatable bonds is 4. The van der Waals surface area contributed by atoms with Gasteiger partial charge in [0.15, 0.2) is 0 Å². The maximum atomic E-state index is 11.8. The number of hydrogen-bond acceptors (Lipinski definition) is 3. The number of aromatic nitrogens is 1. The van der Waals surface area contributed by atoms with Crippen molar-refractivity contribution in [2.45, 2.75) is 12.2 Å². The molecule has 2 heterocycles. The van der Waals surface area contributed by atoms with Crippen molar-refractivity contribution < 1.29 is 4.21 Å². The fraction of sp³-hybridized carbons (Fsp3) is 0.545. The number of hydrogen-bond donors (Lipinski definition) is 1. The van der Waals surface area contributed by atoms with Gasteiger partial charge in [-0.3, -0.25) is 9.19 Å². The van der Waals surface area contributed by atoms with Crippen LogP contribution in [-0.4, -0.2) is 28.0 Å². The van der Waals surface area contributed by atoms with E-state index in [0.29, 0.717) is 11.7 Å². The van der Waals surface area contributed by atoms with Crippen LogP contribution >= 0.6 is 0 Å². The lowest BCUT2D eigenvalue weighted by Gasteiger charge is -2.07. The molecule has 82 valence electrons. The van der Waals surface area contributed by atoms with Gasteiger partial charge in [-0.15, -0.1) is 0 Å². The van der Waals surface area contributed by atoms with Crippen molar-refractivity contribution in [3.63, 3.8) is 0 Å². The van der Waals surface area contributed by atoms with Crippen LogP contribution in [0.3, 0.4) is 0 Å². The van der Waals surface area contributed by atoms with Gasteiger partial charge in [0.2, 0.25) is 0 Å². The Balaban J connectivity index is 1.82. The molecule has 4 heteroatoms. The first-order chi connectivity index (χ1) is 7.34. The Morgan fingerprint density at radius 1 is 1.53 bits per heavy atom. The van der Waals surface area contributed by atoms with Gasteiger partial charge in [-0.25, -0.2) is 0 Å². The molecular formula is C11H16N2OS. The van der Waals surface area contributed by atoms with E-state index in [2.05, 4.69) is 10.3 Å². The van der Waals surface area contributed by atoms with Crippen molar-refractivity contribution >= 4 is 10.8 Å². The molecule has 3 nitrogen and oxygen atoms in total. The Morgan fingerprint density at radius 2 is 2.47 bits per heavy atom. The number of nitrogens with one attached hydrogen (secondary N) is 1. The normalized spacial score (nSPS) is 22.8. The lowest BCUT2D eigenvalue weighted by Crippen LogP contribution is -2.16. The highest BCUT2D eigenvalue weighted by Gasteiger charge is 2.17. The van der Waals surface area contributed by atoms with E-state index in [9.17, 15) is 4.21 Å². The molecule has 2 atom stereocenters. The fourth-order valence-electron chi connectivity index (χ4n) is 1.83. The van der Waals surface area contributed by atoms with Crippen LogP contribution in [0.2, 0.25) is 0 Å². The second kappa shape index (κ2) is 5.37. The lowest BCUT2D eigenvalue weighted by atomic mass is 10.2. The molecule has 15 heavy (non-hydrogen) atoms. The first-order valence-corrected chi connectivity index (χ1v) is 6.79. The van der Waals surface area contributed by atoms with Crippen LogP contribution in [0.1, 0.15) is 12.1 Å². The SMILES string of the molecule is O=[S@@](Cc1ccccn1)C[C@@H]1CCNC1. The summed E-state index contributed by atoms with van der Waals surface area (Å²) >= 11 is 0. The van der Waals surface area contributed by atoms with Crippen molar-refractivity contribution in [3.05, 3.63) is 30.1 Å². The first kappa shape index (κ1) is 10.8. The molecule has 2 rings (SSSR count). The topological polar surface area (TPSA) is 42.0 Å². The Hall–Kier alpha value is -0.740. The van der Waals surface area contributed by atoms with E-state index in [1.54, 1.807) is 6.20 Å². The van der Waals surface area contributed by atoms with Gasteiger partial charge in [-0.05, 0) is 37.6 Å². The van der Waals surface area contributed by atoms with Crippen LogP contribution in [0.4, 0.5) is 0 Å². The van der Waals surface area contributed by atoms with Crippen LogP contribution < -0.4 is 5.32 Å². The lowest BCUT2D eigenvalue weighted by molar-refractivity contribution is 0.632. The van der Waals surface area contributed by atoms with Gasteiger partial charge >= 0.3 is 0 Å². The van der Waals surface area contributed by atoms with Crippen LogP contribution in [0, 0.1) is 5.92 Å². The summed E-state index contributed by atoms with van der Waals surface area (Å²) in [6.07, 6.45) is 2.91. The van der Waals surface area contributed by atoms with E-state index in [-0.39, 0.29) is 0 Å². The van der Waals surface area contributed by atoms with Crippen molar-refractivity contribution in [2.24, 2.45) is 5.92 Å². The Labute approximate surface area is 92.8 Å². The van der Waals surface area contributed by atoms with Crippen LogP contribution in [0.5, 0.6) is 0 Å². The van der Waals surface area contributed by atoms with E-state index in [1.165, 1.54) is 0 Å². The Kier molecular flexibility index (Phi) is 3.86. The summed E-state index contributed by atoms with van der Waals surface area (Å²) in [6.45, 7) is 2.10. The average molecular weight is 224 g/mol. The largest absolute Gasteiger partial charge is 0.316 e. The molecule has 0 amide bonds. The van der Waals surface area contributed by atoms with Crippen molar-refractivity contribution in [1.29, 1.82) is 0 Å². The summed E-state index contributed by atoms with van der Waals surface area (Å²) in [5.41, 5.74) is 0.932. The molecule has 0 radical (unpaired) electrons. The second-order valence-corrected chi connectivity index (χ2v) is 5.43. The predicted molar refractivity (Wildman–Crippen MR) is 61.9 cm³/mol. The number of pyridine rings is 1. The third-order valence-electron chi connectivity index (χ3n) is 2.62. The first-order valence-electron chi connectivity index (χ1n) is 5.30. The van der Waals surface area contributed by atoms with Crippen molar-refractivity contribution in [1.82, 2.24) is 10.3 Å². The average Bonchev–Trinajstić information content (AvgIpc) is 2.71. The molecule has 0 saturated carbocycles. The molecule has 0 aromatic carbocycles. The summed E-state index contributed by atoms with van der Waals surface area (Å²) in [4.78, 5) is 4.18. The Morgan fingerprint density at radius 3 is 3.13 bits per heavy atom. The zero-order valence-corrected chi connectivity index (χ0v) is 9.50. The highest BCUT2D eigenvalue weighted by molar-refractivity contribution is 7.84. The molecule has 0 bridgehead atoms. The molecule has 1 aliphatic rings. The highest BCUT2D eigenvalue weighted by Crippen LogP contribution is 2.11. The predicted octanol–water partition coefficient (Wildman–Crippen LogP) is 0.940. The molecule has 1 aliphatic heterocycles. The fourth-order valence-corrected chi connectivity index (χ4v) is 3.26. The quantitative estimate of drug-likeness (QED) is 0.827. The Bertz CT molecular complexity index is 323. The van der Waals surface area contributed by atoms with E-state index in [0.717, 1.165) is 31.0 Å². The van der Waals surface area contributed by atoms with Crippen LogP contribution in [0.15, 0.2) is 24.4 Å². The molecule has 0 unspecified atom stereocenters. The van der Waals surface area contributed by atoms with Gasteiger partial charge < -0.3 is 5.32 Å². The molecule has 1 saturated heterocycles. The summed E-state index contributed by atoms with van der Waals surface area (Å²) in [5, 5.41) is 3.29. The van der Waals surface area contributed by atoms with Gasteiger partial charge in [0.05, 0.1) is 11.4 Å². The van der Waals surface area contributed by atoms with Gasteiger partial charge in [0, 0.05) is 22.7 Å². The maximum absolute atomic E-state index is 11.8. The van der Waals surface area contributed by atoms with Crippen LogP contribution in [-0.2, 0) is 16.6 Å². The van der Waals surface area contributed by atoms with E-state index >= 15 is 0 Å². The summed E-state index contributed by atoms with van der Waals surface area (Å²) in [7, 11) is -0.763. The molecule has 0 spiro atoms. The third-order valence-corrected chi connectivity index (χ3v) is 4.08. The third kappa shape index (κ3) is 3.39. The molecule has 1 fully saturated rings. The minimum absolute atomic E-state index is 0.592. The monoisotopic (exact) mass is 224 g/mol. The molecule has 1 N–H and O–H groups in total. The zero-order valence-electron chi connectivity index (χ0n) is 8.69. The molecular weight excluding hydrogens is 208 g/mol. The number of nitrogens with zero attached hydrogens (tertiary/aromatic N) is 1. The molecule has 0 aliphatic carbocycles. The zero-order chi connectivity index (χ0) is 10.5. The van der Waals surface area contributed by atoms with E-state index in [4.69, 9.17) is 0 Å². The minimum atomic E-state index is -0.763. The molecule has 1 aromatic rings. The maximum Gasteiger partial charge on any atom is 0.0658 e. The van der Waals surface area contributed by atoms with Crippen molar-refractivity contribution in [3.8, 4) is 0 Å². The molecule has 1 aromatic heterocycles. The van der Waals surface area contributed by atoms with E-state index in [1.807, 2.05) is 18.2 Å². The van der Waals surface area contributed by atoms with Gasteiger partial charge in [0.1, 0.15) is 0 Å². The summed E-state index contributed by atoms with van der Waals surface area (Å²) in [6, 6.07) is 5.76. The standard InChI is InChI=1S/C11H16N2OS/c14-15(8-10-4-6-12-7-10)9-11-3-1-2-5-13-11/h1-3,5,10,12H,4,6-9H2/t10-,15-/m1/s1. The smallest absolute Gasteiger partial charge is 0.0658 e.